The predicted octanol–water partition coefficient (Wildman–Crippen LogP) is 1.88. The SMILES string of the molecule is O=C1C[C@@H](O)C[C@H](c2ccccc2)C1. The third-order valence-electron chi connectivity index (χ3n) is 2.76. The normalized spacial score (nSPS) is 27.6. The Labute approximate surface area is 83.6 Å². The third-order valence-corrected chi connectivity index (χ3v) is 2.76. The van der Waals surface area contributed by atoms with Crippen molar-refractivity contribution in [3.05, 3.63) is 35.9 Å². The molecule has 2 heteroatoms. The van der Waals surface area contributed by atoms with Gasteiger partial charge in [-0.05, 0) is 17.9 Å². The van der Waals surface area contributed by atoms with Crippen molar-refractivity contribution in [1.82, 2.24) is 0 Å². The van der Waals surface area contributed by atoms with Crippen LogP contribution in [-0.4, -0.2) is 17.0 Å². The van der Waals surface area contributed by atoms with Gasteiger partial charge < -0.3 is 5.11 Å². The maximum Gasteiger partial charge on any atom is 0.136 e. The maximum atomic E-state index is 11.3. The monoisotopic (exact) mass is 190 g/mol. The number of carbonyl (C=O) groups is 1. The number of hydrogen-bond acceptors (Lipinski definition) is 2. The molecule has 1 aliphatic rings. The van der Waals surface area contributed by atoms with Crippen molar-refractivity contribution in [2.75, 3.05) is 0 Å². The van der Waals surface area contributed by atoms with Crippen LogP contribution in [0.25, 0.3) is 0 Å². The lowest BCUT2D eigenvalue weighted by atomic mass is 9.82. The van der Waals surface area contributed by atoms with E-state index in [1.807, 2.05) is 30.3 Å². The number of benzene rings is 1. The van der Waals surface area contributed by atoms with E-state index in [4.69, 9.17) is 0 Å². The first-order valence-electron chi connectivity index (χ1n) is 5.00. The summed E-state index contributed by atoms with van der Waals surface area (Å²) in [5.74, 6) is 0.394. The molecule has 1 N–H and O–H groups in total. The minimum Gasteiger partial charge on any atom is -0.393 e. The lowest BCUT2D eigenvalue weighted by molar-refractivity contribution is -0.123. The van der Waals surface area contributed by atoms with Gasteiger partial charge in [0.2, 0.25) is 0 Å². The molecular weight excluding hydrogens is 176 g/mol. The second-order valence-electron chi connectivity index (χ2n) is 3.94. The van der Waals surface area contributed by atoms with E-state index in [1.54, 1.807) is 0 Å². The van der Waals surface area contributed by atoms with Gasteiger partial charge in [-0.1, -0.05) is 30.3 Å². The molecule has 0 saturated heterocycles. The van der Waals surface area contributed by atoms with E-state index in [2.05, 4.69) is 0 Å². The summed E-state index contributed by atoms with van der Waals surface area (Å²) >= 11 is 0. The molecule has 1 fully saturated rings. The van der Waals surface area contributed by atoms with Gasteiger partial charge >= 0.3 is 0 Å². The molecule has 1 saturated carbocycles. The van der Waals surface area contributed by atoms with E-state index in [-0.39, 0.29) is 11.7 Å². The zero-order chi connectivity index (χ0) is 9.97. The van der Waals surface area contributed by atoms with Crippen LogP contribution >= 0.6 is 0 Å². The molecule has 0 radical (unpaired) electrons. The maximum absolute atomic E-state index is 11.3. The highest BCUT2D eigenvalue weighted by atomic mass is 16.3. The van der Waals surface area contributed by atoms with Crippen LogP contribution in [0.2, 0.25) is 0 Å². The summed E-state index contributed by atoms with van der Waals surface area (Å²) < 4.78 is 0. The van der Waals surface area contributed by atoms with E-state index in [0.29, 0.717) is 12.8 Å². The van der Waals surface area contributed by atoms with Gasteiger partial charge in [-0.3, -0.25) is 4.79 Å². The second kappa shape index (κ2) is 3.93. The second-order valence-corrected chi connectivity index (χ2v) is 3.94. The van der Waals surface area contributed by atoms with Crippen molar-refractivity contribution >= 4 is 5.78 Å². The fourth-order valence-electron chi connectivity index (χ4n) is 2.10. The van der Waals surface area contributed by atoms with Gasteiger partial charge in [-0.15, -0.1) is 0 Å². The zero-order valence-electron chi connectivity index (χ0n) is 8.02. The molecule has 0 unspecified atom stereocenters. The predicted molar refractivity (Wildman–Crippen MR) is 54.0 cm³/mol. The van der Waals surface area contributed by atoms with Crippen molar-refractivity contribution in [3.8, 4) is 0 Å². The van der Waals surface area contributed by atoms with E-state index in [0.717, 1.165) is 6.42 Å². The molecule has 2 atom stereocenters. The third kappa shape index (κ3) is 2.02. The Kier molecular flexibility index (Phi) is 2.64. The van der Waals surface area contributed by atoms with Crippen LogP contribution in [0.4, 0.5) is 0 Å². The smallest absolute Gasteiger partial charge is 0.136 e. The van der Waals surface area contributed by atoms with Crippen LogP contribution in [0, 0.1) is 0 Å². The zero-order valence-corrected chi connectivity index (χ0v) is 8.02. The summed E-state index contributed by atoms with van der Waals surface area (Å²) in [7, 11) is 0. The Morgan fingerprint density at radius 3 is 2.50 bits per heavy atom. The van der Waals surface area contributed by atoms with Crippen LogP contribution in [0.3, 0.4) is 0 Å². The van der Waals surface area contributed by atoms with Crippen molar-refractivity contribution in [1.29, 1.82) is 0 Å². The van der Waals surface area contributed by atoms with E-state index >= 15 is 0 Å². The lowest BCUT2D eigenvalue weighted by Gasteiger charge is -2.25. The van der Waals surface area contributed by atoms with Crippen LogP contribution in [0.5, 0.6) is 0 Å². The summed E-state index contributed by atoms with van der Waals surface area (Å²) in [6.07, 6.45) is 1.20. The number of rotatable bonds is 1. The Bertz CT molecular complexity index is 318. The average Bonchev–Trinajstić information content (AvgIpc) is 2.18. The van der Waals surface area contributed by atoms with Gasteiger partial charge in [-0.2, -0.15) is 0 Å². The molecule has 1 aromatic rings. The molecule has 0 aliphatic heterocycles. The Balaban J connectivity index is 2.15. The lowest BCUT2D eigenvalue weighted by Crippen LogP contribution is -2.25. The number of ketones is 1. The number of Topliss-reactive ketones (excluding diaryl/α,β-unsaturated/α-hetero) is 1. The first-order chi connectivity index (χ1) is 6.75. The first-order valence-corrected chi connectivity index (χ1v) is 5.00. The molecule has 2 nitrogen and oxygen atoms in total. The van der Waals surface area contributed by atoms with Gasteiger partial charge in [0, 0.05) is 12.8 Å². The average molecular weight is 190 g/mol. The Hall–Kier alpha value is -1.15. The minimum absolute atomic E-state index is 0.178. The summed E-state index contributed by atoms with van der Waals surface area (Å²) in [6.45, 7) is 0. The fourth-order valence-corrected chi connectivity index (χ4v) is 2.10. The summed E-state index contributed by atoms with van der Waals surface area (Å²) in [6, 6.07) is 9.96. The number of aliphatic hydroxyl groups excluding tert-OH is 1. The molecule has 0 aromatic heterocycles. The van der Waals surface area contributed by atoms with Crippen LogP contribution in [0.15, 0.2) is 30.3 Å². The van der Waals surface area contributed by atoms with Crippen molar-refractivity contribution in [2.24, 2.45) is 0 Å². The quantitative estimate of drug-likeness (QED) is 0.734. The molecule has 0 spiro atoms. The molecule has 0 heterocycles. The highest BCUT2D eigenvalue weighted by Gasteiger charge is 2.26. The molecule has 14 heavy (non-hydrogen) atoms. The number of aliphatic hydroxyl groups is 1. The number of hydrogen-bond donors (Lipinski definition) is 1. The van der Waals surface area contributed by atoms with Gasteiger partial charge in [0.05, 0.1) is 6.10 Å². The van der Waals surface area contributed by atoms with E-state index in [9.17, 15) is 9.90 Å². The largest absolute Gasteiger partial charge is 0.393 e. The fraction of sp³-hybridized carbons (Fsp3) is 0.417. The minimum atomic E-state index is -0.443. The van der Waals surface area contributed by atoms with Gasteiger partial charge in [0.25, 0.3) is 0 Å². The van der Waals surface area contributed by atoms with Gasteiger partial charge in [0.1, 0.15) is 5.78 Å². The van der Waals surface area contributed by atoms with E-state index in [1.165, 1.54) is 5.56 Å². The summed E-state index contributed by atoms with van der Waals surface area (Å²) in [5, 5.41) is 9.49. The van der Waals surface area contributed by atoms with Crippen molar-refractivity contribution < 1.29 is 9.90 Å². The summed E-state index contributed by atoms with van der Waals surface area (Å²) in [5.41, 5.74) is 1.17. The molecule has 0 amide bonds. The van der Waals surface area contributed by atoms with Crippen LogP contribution < -0.4 is 0 Å². The molecule has 74 valence electrons. The van der Waals surface area contributed by atoms with Crippen LogP contribution in [-0.2, 0) is 4.79 Å². The standard InChI is InChI=1S/C12H14O2/c13-11-6-10(7-12(14)8-11)9-4-2-1-3-5-9/h1-5,10-11,13H,6-8H2/t10-,11-/m0/s1. The molecule has 1 aromatic carbocycles. The summed E-state index contributed by atoms with van der Waals surface area (Å²) in [4.78, 5) is 11.3. The number of carbonyl (C=O) groups excluding carboxylic acids is 1. The Morgan fingerprint density at radius 2 is 1.86 bits per heavy atom. The van der Waals surface area contributed by atoms with Gasteiger partial charge in [0.15, 0.2) is 0 Å². The topological polar surface area (TPSA) is 37.3 Å². The van der Waals surface area contributed by atoms with Crippen molar-refractivity contribution in [2.45, 2.75) is 31.3 Å². The van der Waals surface area contributed by atoms with Gasteiger partial charge in [-0.25, -0.2) is 0 Å². The highest BCUT2D eigenvalue weighted by molar-refractivity contribution is 5.80. The first kappa shape index (κ1) is 9.41. The molecule has 0 bridgehead atoms. The Morgan fingerprint density at radius 1 is 1.14 bits per heavy atom. The molecular formula is C12H14O2. The van der Waals surface area contributed by atoms with Crippen LogP contribution in [0.1, 0.15) is 30.7 Å². The molecule has 1 aliphatic carbocycles. The van der Waals surface area contributed by atoms with Crippen molar-refractivity contribution in [3.63, 3.8) is 0 Å². The highest BCUT2D eigenvalue weighted by Crippen LogP contribution is 2.30. The molecule has 2 rings (SSSR count). The van der Waals surface area contributed by atoms with E-state index < -0.39 is 6.10 Å².